The van der Waals surface area contributed by atoms with Crippen LogP contribution in [0.15, 0.2) is 24.3 Å². The number of alkyl halides is 1. The van der Waals surface area contributed by atoms with Crippen molar-refractivity contribution in [3.8, 4) is 28.8 Å². The lowest BCUT2D eigenvalue weighted by atomic mass is 9.94. The van der Waals surface area contributed by atoms with Gasteiger partial charge in [0.2, 0.25) is 5.82 Å². The van der Waals surface area contributed by atoms with Gasteiger partial charge in [-0.25, -0.2) is 23.1 Å². The molecule has 0 radical (unpaired) electrons. The van der Waals surface area contributed by atoms with Crippen molar-refractivity contribution >= 4 is 39.2 Å². The summed E-state index contributed by atoms with van der Waals surface area (Å²) in [4.78, 5) is 13.4. The number of halogens is 4. The topological polar surface area (TPSA) is 90.3 Å². The monoisotopic (exact) mass is 591 g/mol. The molecule has 4 aliphatic rings. The average Bonchev–Trinajstić information content (AvgIpc) is 3.75. The minimum atomic E-state index is -0.940. The lowest BCUT2D eigenvalue weighted by Crippen LogP contribution is -2.44. The normalized spacial score (nSPS) is 26.8. The Bertz CT molecular complexity index is 1860. The van der Waals surface area contributed by atoms with E-state index in [0.29, 0.717) is 30.7 Å². The van der Waals surface area contributed by atoms with E-state index >= 15 is 4.39 Å². The van der Waals surface area contributed by atoms with Crippen molar-refractivity contribution in [2.45, 2.75) is 49.5 Å². The Kier molecular flexibility index (Phi) is 5.80. The maximum atomic E-state index is 16.5. The van der Waals surface area contributed by atoms with Gasteiger partial charge in [0.25, 0.3) is 0 Å². The summed E-state index contributed by atoms with van der Waals surface area (Å²) in [6, 6.07) is 5.77. The highest BCUT2D eigenvalue weighted by molar-refractivity contribution is 6.37. The number of benzene rings is 2. The number of piperazine rings is 1. The molecule has 2 bridgehead atoms. The molecule has 214 valence electrons. The van der Waals surface area contributed by atoms with Crippen LogP contribution in [-0.4, -0.2) is 80.1 Å². The molecule has 0 saturated carbocycles. The molecule has 4 saturated heterocycles. The molecule has 0 spiro atoms. The number of hydrogen-bond acceptors (Lipinski definition) is 8. The van der Waals surface area contributed by atoms with Crippen LogP contribution in [0.1, 0.15) is 31.5 Å². The van der Waals surface area contributed by atoms with Gasteiger partial charge in [0.15, 0.2) is 17.2 Å². The zero-order chi connectivity index (χ0) is 28.7. The van der Waals surface area contributed by atoms with Gasteiger partial charge in [0.1, 0.15) is 28.9 Å². The highest BCUT2D eigenvalue weighted by Gasteiger charge is 2.48. The lowest BCUT2D eigenvalue weighted by Gasteiger charge is -2.29. The molecule has 2 N–H and O–H groups in total. The van der Waals surface area contributed by atoms with Crippen LogP contribution in [0.25, 0.3) is 33.1 Å². The van der Waals surface area contributed by atoms with Crippen LogP contribution in [0, 0.1) is 23.5 Å². The highest BCUT2D eigenvalue weighted by atomic mass is 35.5. The number of aromatic nitrogens is 4. The van der Waals surface area contributed by atoms with Crippen LogP contribution in [0.4, 0.5) is 19.0 Å². The number of aromatic hydroxyl groups is 1. The van der Waals surface area contributed by atoms with Crippen LogP contribution < -0.4 is 10.2 Å². The molecule has 6 heterocycles. The second-order valence-corrected chi connectivity index (χ2v) is 12.0. The van der Waals surface area contributed by atoms with Gasteiger partial charge in [0, 0.05) is 49.1 Å². The molecule has 2 aromatic carbocycles. The number of phenols is 1. The minimum Gasteiger partial charge on any atom is -0.508 e. The van der Waals surface area contributed by atoms with Crippen molar-refractivity contribution in [2.24, 2.45) is 0 Å². The van der Waals surface area contributed by atoms with Crippen LogP contribution in [0.3, 0.4) is 0 Å². The molecular formula is C30H25ClF3N7O. The average molecular weight is 592 g/mol. The van der Waals surface area contributed by atoms with E-state index < -0.39 is 23.3 Å². The third-order valence-electron chi connectivity index (χ3n) is 9.12. The molecule has 4 aromatic rings. The largest absolute Gasteiger partial charge is 0.508 e. The van der Waals surface area contributed by atoms with Crippen LogP contribution in [0.5, 0.6) is 5.75 Å². The summed E-state index contributed by atoms with van der Waals surface area (Å²) >= 11 is 6.32. The fraction of sp³-hybridized carbons (Fsp3) is 0.400. The Labute approximate surface area is 243 Å². The van der Waals surface area contributed by atoms with E-state index in [4.69, 9.17) is 16.6 Å². The first-order chi connectivity index (χ1) is 20.3. The van der Waals surface area contributed by atoms with Crippen molar-refractivity contribution in [1.82, 2.24) is 30.4 Å². The Morgan fingerprint density at radius 3 is 2.81 bits per heavy atom. The number of hydrogen-bond donors (Lipinski definition) is 2. The molecule has 0 amide bonds. The number of nitrogens with one attached hydrogen (secondary N) is 1. The summed E-state index contributed by atoms with van der Waals surface area (Å²) in [7, 11) is 0. The Morgan fingerprint density at radius 2 is 2.00 bits per heavy atom. The first-order valence-electron chi connectivity index (χ1n) is 14.1. The van der Waals surface area contributed by atoms with Crippen LogP contribution in [-0.2, 0) is 0 Å². The molecule has 8 rings (SSSR count). The van der Waals surface area contributed by atoms with Crippen molar-refractivity contribution < 1.29 is 18.3 Å². The Balaban J connectivity index is 1.33. The Morgan fingerprint density at radius 1 is 1.12 bits per heavy atom. The van der Waals surface area contributed by atoms with E-state index in [1.54, 1.807) is 0 Å². The highest BCUT2D eigenvalue weighted by Crippen LogP contribution is 2.41. The van der Waals surface area contributed by atoms with Crippen molar-refractivity contribution in [3.05, 3.63) is 46.7 Å². The molecule has 12 heteroatoms. The predicted octanol–water partition coefficient (Wildman–Crippen LogP) is 4.36. The number of nitrogens with zero attached hydrogens (tertiary/aromatic N) is 6. The maximum Gasteiger partial charge on any atom is 0.207 e. The smallest absolute Gasteiger partial charge is 0.207 e. The molecule has 8 nitrogen and oxygen atoms in total. The molecule has 4 atom stereocenters. The molecule has 2 aromatic heterocycles. The standard InChI is InChI=1S/C30H25ClF3N7O/c31-24-21(33)3-2-15-8-19(42)10-20(23(15)24)26-25(34)27-28(39-38-26)29(41-14-17-9-18(41)12-35-17)37-22(36-27)4-6-30-5-1-7-40(30)13-16(32)11-30/h2-3,8,10,16-18,35,42H,1,5,7,9,11-14H2/t16-,17+,18+,30-/m1/s1. The van der Waals surface area contributed by atoms with E-state index in [2.05, 4.69) is 42.1 Å². The van der Waals surface area contributed by atoms with Gasteiger partial charge in [-0.3, -0.25) is 4.90 Å². The zero-order valence-corrected chi connectivity index (χ0v) is 23.1. The fourth-order valence-corrected chi connectivity index (χ4v) is 7.50. The molecule has 0 unspecified atom stereocenters. The van der Waals surface area contributed by atoms with Gasteiger partial charge in [-0.05, 0) is 55.3 Å². The first kappa shape index (κ1) is 25.9. The zero-order valence-electron chi connectivity index (χ0n) is 22.3. The van der Waals surface area contributed by atoms with E-state index in [0.717, 1.165) is 32.4 Å². The van der Waals surface area contributed by atoms with Gasteiger partial charge < -0.3 is 15.3 Å². The number of phenolic OH excluding ortho intramolecular Hbond substituents is 1. The molecule has 4 aliphatic heterocycles. The van der Waals surface area contributed by atoms with E-state index in [1.165, 1.54) is 24.3 Å². The van der Waals surface area contributed by atoms with Gasteiger partial charge in [-0.1, -0.05) is 23.6 Å². The van der Waals surface area contributed by atoms with Gasteiger partial charge >= 0.3 is 0 Å². The summed E-state index contributed by atoms with van der Waals surface area (Å²) in [6.07, 6.45) is 2.01. The van der Waals surface area contributed by atoms with Crippen molar-refractivity contribution in [2.75, 3.05) is 31.1 Å². The molecular weight excluding hydrogens is 567 g/mol. The van der Waals surface area contributed by atoms with Crippen LogP contribution >= 0.6 is 11.6 Å². The number of rotatable bonds is 2. The quantitative estimate of drug-likeness (QED) is 0.333. The minimum absolute atomic E-state index is 0.0825. The number of anilines is 1. The summed E-state index contributed by atoms with van der Waals surface area (Å²) in [5.74, 6) is 5.21. The lowest BCUT2D eigenvalue weighted by molar-refractivity contribution is 0.255. The van der Waals surface area contributed by atoms with Crippen molar-refractivity contribution in [1.29, 1.82) is 0 Å². The maximum absolute atomic E-state index is 16.5. The second kappa shape index (κ2) is 9.39. The van der Waals surface area contributed by atoms with E-state index in [9.17, 15) is 13.9 Å². The van der Waals surface area contributed by atoms with Crippen LogP contribution in [0.2, 0.25) is 5.02 Å². The number of fused-ring (bicyclic) bond motifs is 5. The third kappa shape index (κ3) is 3.92. The van der Waals surface area contributed by atoms with Gasteiger partial charge in [-0.15, -0.1) is 10.2 Å². The Hall–Kier alpha value is -3.72. The summed E-state index contributed by atoms with van der Waals surface area (Å²) in [6.45, 7) is 2.58. The summed E-state index contributed by atoms with van der Waals surface area (Å²) in [5.41, 5.74) is -0.637. The summed E-state index contributed by atoms with van der Waals surface area (Å²) < 4.78 is 45.4. The van der Waals surface area contributed by atoms with Crippen molar-refractivity contribution in [3.63, 3.8) is 0 Å². The molecule has 4 fully saturated rings. The van der Waals surface area contributed by atoms with E-state index in [-0.39, 0.29) is 56.4 Å². The molecule has 42 heavy (non-hydrogen) atoms. The fourth-order valence-electron chi connectivity index (χ4n) is 7.23. The second-order valence-electron chi connectivity index (χ2n) is 11.7. The molecule has 0 aliphatic carbocycles. The van der Waals surface area contributed by atoms with Gasteiger partial charge in [0.05, 0.1) is 10.6 Å². The third-order valence-corrected chi connectivity index (χ3v) is 9.49. The van der Waals surface area contributed by atoms with Gasteiger partial charge in [-0.2, -0.15) is 0 Å². The summed E-state index contributed by atoms with van der Waals surface area (Å²) in [5, 5.41) is 22.8. The SMILES string of the molecule is Oc1cc(-c2nnc3c(N4C[C@@H]5C[C@H]4CN5)nc(C#C[C@@]45CCCN4C[C@H](F)C5)nc3c2F)c2c(Cl)c(F)ccc2c1. The predicted molar refractivity (Wildman–Crippen MR) is 152 cm³/mol. The first-order valence-corrected chi connectivity index (χ1v) is 14.4. The van der Waals surface area contributed by atoms with E-state index in [1.807, 2.05) is 0 Å².